The van der Waals surface area contributed by atoms with Crippen molar-refractivity contribution in [1.82, 2.24) is 19.7 Å². The van der Waals surface area contributed by atoms with Crippen LogP contribution in [0.25, 0.3) is 16.5 Å². The van der Waals surface area contributed by atoms with Crippen LogP contribution in [0.15, 0.2) is 60.8 Å². The minimum absolute atomic E-state index is 0. The van der Waals surface area contributed by atoms with Crippen molar-refractivity contribution < 1.29 is 183 Å². The van der Waals surface area contributed by atoms with Crippen LogP contribution in [-0.2, 0) is 36.6 Å². The van der Waals surface area contributed by atoms with Crippen molar-refractivity contribution in [2.45, 2.75) is 31.3 Å². The number of aliphatic carboxylic acids is 4. The third-order valence-corrected chi connectivity index (χ3v) is 9.07. The van der Waals surface area contributed by atoms with Gasteiger partial charge in [0.15, 0.2) is 0 Å². The van der Waals surface area contributed by atoms with Crippen LogP contribution in [0.3, 0.4) is 0 Å². The van der Waals surface area contributed by atoms with Gasteiger partial charge in [0.1, 0.15) is 7.60 Å². The molecule has 0 amide bonds. The van der Waals surface area contributed by atoms with Crippen LogP contribution in [0.1, 0.15) is 23.1 Å². The van der Waals surface area contributed by atoms with E-state index in [0.717, 1.165) is 31.3 Å². The molecule has 0 bridgehead atoms. The van der Waals surface area contributed by atoms with Crippen molar-refractivity contribution in [1.29, 1.82) is 0 Å². The summed E-state index contributed by atoms with van der Waals surface area (Å²) in [5.74, 6) is -6.37. The van der Waals surface area contributed by atoms with Crippen molar-refractivity contribution in [2.75, 3.05) is 45.6 Å². The van der Waals surface area contributed by atoms with E-state index in [1.54, 1.807) is 36.5 Å². The van der Waals surface area contributed by atoms with Gasteiger partial charge in [-0.3, -0.25) is 14.7 Å². The molecule has 3 atom stereocenters. The normalized spacial score (nSPS) is 14.1. The number of aromatic nitrogens is 1. The fourth-order valence-corrected chi connectivity index (χ4v) is 6.84. The van der Waals surface area contributed by atoms with Gasteiger partial charge in [-0.25, -0.2) is 0 Å². The van der Waals surface area contributed by atoms with Crippen LogP contribution in [0.2, 0.25) is 0 Å². The Morgan fingerprint density at radius 2 is 1.31 bits per heavy atom. The Kier molecular flexibility index (Phi) is 24.5. The molecule has 2 N–H and O–H groups in total. The number of nitrogens with zero attached hydrogens (tertiary/aromatic N) is 3. The molecule has 1 aliphatic rings. The predicted molar refractivity (Wildman–Crippen MR) is 162 cm³/mol. The molecule has 0 saturated heterocycles. The Balaban J connectivity index is 0.00000650. The van der Waals surface area contributed by atoms with E-state index in [0.29, 0.717) is 22.9 Å². The Morgan fingerprint density at radius 3 is 1.85 bits per heavy atom. The van der Waals surface area contributed by atoms with E-state index in [9.17, 15) is 54.0 Å². The molecule has 0 fully saturated rings. The number of H-pyrrole nitrogens is 1. The second kappa shape index (κ2) is 24.6. The van der Waals surface area contributed by atoms with Gasteiger partial charge >= 0.3 is 129 Å². The molecule has 1 unspecified atom stereocenters. The average molecular weight is 908 g/mol. The molecule has 2 aromatic carbocycles. The quantitative estimate of drug-likeness (QED) is 0.0791. The molecule has 15 nitrogen and oxygen atoms in total. The topological polar surface area (TPSA) is 246 Å². The second-order valence-corrected chi connectivity index (χ2v) is 13.2. The molecule has 1 aliphatic carbocycles. The first-order chi connectivity index (χ1) is 22.7. The van der Waals surface area contributed by atoms with Gasteiger partial charge in [-0.1, -0.05) is 48.5 Å². The molecule has 1 heterocycles. The number of rotatable bonds is 20. The molecule has 52 heavy (non-hydrogen) atoms. The van der Waals surface area contributed by atoms with Gasteiger partial charge in [-0.15, -0.1) is 0 Å². The fourth-order valence-electron chi connectivity index (χ4n) is 6.06. The van der Waals surface area contributed by atoms with E-state index in [4.69, 9.17) is 0 Å². The van der Waals surface area contributed by atoms with Gasteiger partial charge in [0, 0.05) is 56.4 Å². The minimum Gasteiger partial charge on any atom is -0.778 e. The summed E-state index contributed by atoms with van der Waals surface area (Å²) in [7, 11) is -5.01. The van der Waals surface area contributed by atoms with Crippen molar-refractivity contribution in [3.8, 4) is 0 Å². The van der Waals surface area contributed by atoms with Gasteiger partial charge < -0.3 is 58.9 Å². The van der Waals surface area contributed by atoms with E-state index >= 15 is 0 Å². The first kappa shape index (κ1) is 52.0. The maximum atomic E-state index is 12.3. The number of para-hydroxylation sites is 1. The Labute approximate surface area is 399 Å². The fraction of sp³-hybridized carbons (Fsp3) is 0.375. The molecule has 1 radical (unpaired) electrons. The maximum Gasteiger partial charge on any atom is 3.00 e. The molecular formula is C32H34GdN4Na3O11P+. The van der Waals surface area contributed by atoms with E-state index in [2.05, 4.69) is 4.98 Å². The number of nitrogens with one attached hydrogen (secondary N) is 1. The number of carbonyl (C=O) groups excluding carboxylic acids is 4. The van der Waals surface area contributed by atoms with Crippen LogP contribution < -0.4 is 114 Å². The summed E-state index contributed by atoms with van der Waals surface area (Å²) in [6.07, 6.45) is 2.71. The number of carboxylic acids is 4. The first-order valence-electron chi connectivity index (χ1n) is 15.1. The van der Waals surface area contributed by atoms with Gasteiger partial charge in [0.25, 0.3) is 0 Å². The van der Waals surface area contributed by atoms with E-state index in [-0.39, 0.29) is 168 Å². The van der Waals surface area contributed by atoms with E-state index in [1.165, 1.54) is 0 Å². The summed E-state index contributed by atoms with van der Waals surface area (Å²) >= 11 is 0. The maximum absolute atomic E-state index is 12.3. The second-order valence-electron chi connectivity index (χ2n) is 11.6. The number of hydrogen-bond acceptors (Lipinski definition) is 13. The van der Waals surface area contributed by atoms with Gasteiger partial charge in [0.2, 0.25) is 0 Å². The SMILES string of the molecule is O=C([O-])CN(CCN(CCN(CC(=O)[O-])[C@@H](Cc1c[nH]c2ccccc12)C(=O)[O-])CP(=O)([O-])O)[C@@H](CC1=CCc2ccccc21)C(=O)[O-].[Gd+3].[Na+].[Na+].[Na+]. The summed E-state index contributed by atoms with van der Waals surface area (Å²) in [6, 6.07) is 11.4. The van der Waals surface area contributed by atoms with Crippen LogP contribution in [0, 0.1) is 39.9 Å². The van der Waals surface area contributed by atoms with Crippen LogP contribution in [-0.4, -0.2) is 106 Å². The zero-order valence-electron chi connectivity index (χ0n) is 29.2. The van der Waals surface area contributed by atoms with Crippen LogP contribution in [0.5, 0.6) is 0 Å². The predicted octanol–water partition coefficient (Wildman–Crippen LogP) is -13.1. The summed E-state index contributed by atoms with van der Waals surface area (Å²) in [4.78, 5) is 75.7. The molecule has 263 valence electrons. The van der Waals surface area contributed by atoms with Gasteiger partial charge in [-0.2, -0.15) is 0 Å². The molecule has 1 aromatic heterocycles. The number of benzene rings is 2. The van der Waals surface area contributed by atoms with Crippen molar-refractivity contribution in [3.63, 3.8) is 0 Å². The van der Waals surface area contributed by atoms with Gasteiger partial charge in [-0.05, 0) is 47.6 Å². The van der Waals surface area contributed by atoms with Crippen molar-refractivity contribution >= 4 is 47.9 Å². The standard InChI is InChI=1S/C32H39N4O11P.Gd.3Na/c37-29(38)18-35(27(31(41)42)15-22-10-9-21-5-1-2-6-24(21)22)13-11-34(20-48(45,46)47)12-14-36(19-30(39)40)28(32(43)44)16-23-17-33-26-8-4-3-7-25(23)26;;;;/h1-8,10,17,27-28,33H,9,11-16,18-20H2,(H,37,38)(H,39,40)(H,41,42)(H,43,44)(H2,45,46,47);;;;/q;+3;3*+1/p-5/t27-,28-;;;;/m0..../s1. The third-order valence-electron chi connectivity index (χ3n) is 8.31. The monoisotopic (exact) mass is 908 g/mol. The largest absolute Gasteiger partial charge is 3.00 e. The van der Waals surface area contributed by atoms with Crippen molar-refractivity contribution in [2.24, 2.45) is 0 Å². The Hall–Kier alpha value is -0.0453. The molecule has 0 aliphatic heterocycles. The smallest absolute Gasteiger partial charge is 0.778 e. The number of allylic oxidation sites excluding steroid dienone is 1. The Bertz CT molecular complexity index is 1740. The number of fused-ring (bicyclic) bond motifs is 2. The first-order valence-corrected chi connectivity index (χ1v) is 16.8. The minimum atomic E-state index is -5.01. The molecule has 0 spiro atoms. The third kappa shape index (κ3) is 15.8. The zero-order chi connectivity index (χ0) is 35.0. The van der Waals surface area contributed by atoms with Gasteiger partial charge in [0.05, 0.1) is 42.2 Å². The van der Waals surface area contributed by atoms with E-state index < -0.39 is 62.9 Å². The van der Waals surface area contributed by atoms with Crippen LogP contribution in [0.4, 0.5) is 0 Å². The summed E-state index contributed by atoms with van der Waals surface area (Å²) in [5.41, 5.74) is 3.74. The number of carbonyl (C=O) groups is 4. The average Bonchev–Trinajstić information content (AvgIpc) is 3.61. The number of hydrogen-bond donors (Lipinski definition) is 2. The summed E-state index contributed by atoms with van der Waals surface area (Å²) < 4.78 is 11.9. The molecule has 3 aromatic rings. The summed E-state index contributed by atoms with van der Waals surface area (Å²) in [5, 5.41) is 48.6. The number of aromatic amines is 1. The molecule has 4 rings (SSSR count). The molecule has 0 saturated carbocycles. The molecular weight excluding hydrogens is 874 g/mol. The van der Waals surface area contributed by atoms with E-state index in [1.807, 2.05) is 24.3 Å². The van der Waals surface area contributed by atoms with Crippen molar-refractivity contribution in [3.05, 3.63) is 77.5 Å². The molecule has 20 heteroatoms. The Morgan fingerprint density at radius 1 is 0.788 bits per heavy atom. The number of carboxylic acid groups (broad SMARTS) is 4. The summed E-state index contributed by atoms with van der Waals surface area (Å²) in [6.45, 7) is -3.06. The van der Waals surface area contributed by atoms with Crippen LogP contribution >= 0.6 is 7.60 Å². The zero-order valence-corrected chi connectivity index (χ0v) is 38.3.